The minimum absolute atomic E-state index is 0.0614. The van der Waals surface area contributed by atoms with E-state index in [1.54, 1.807) is 12.3 Å². The first kappa shape index (κ1) is 21.8. The zero-order valence-corrected chi connectivity index (χ0v) is 18.0. The maximum Gasteiger partial charge on any atom is 0.271 e. The number of carbonyl (C=O) groups excluding carboxylic acids is 1. The molecule has 0 unspecified atom stereocenters. The van der Waals surface area contributed by atoms with Crippen molar-refractivity contribution < 1.29 is 13.2 Å². The topological polar surface area (TPSA) is 83.8 Å². The van der Waals surface area contributed by atoms with Crippen molar-refractivity contribution >= 4 is 22.1 Å². The number of rotatable bonds is 7. The molecule has 1 amide bonds. The minimum Gasteiger partial charge on any atom is -0.348 e. The molecule has 152 valence electrons. The van der Waals surface area contributed by atoms with E-state index in [4.69, 9.17) is 0 Å². The fourth-order valence-electron chi connectivity index (χ4n) is 2.84. The highest BCUT2D eigenvalue weighted by atomic mass is 32.2. The van der Waals surface area contributed by atoms with Gasteiger partial charge in [0.25, 0.3) is 5.91 Å². The molecule has 1 aromatic heterocycles. The number of hydrazone groups is 1. The first-order valence-corrected chi connectivity index (χ1v) is 10.5. The summed E-state index contributed by atoms with van der Waals surface area (Å²) in [6.07, 6.45) is 1.61. The van der Waals surface area contributed by atoms with E-state index in [9.17, 15) is 13.2 Å². The number of amides is 1. The zero-order valence-electron chi connectivity index (χ0n) is 17.2. The summed E-state index contributed by atoms with van der Waals surface area (Å²) in [6, 6.07) is 7.91. The van der Waals surface area contributed by atoms with Crippen LogP contribution in [0.1, 0.15) is 41.2 Å². The van der Waals surface area contributed by atoms with Crippen LogP contribution in [0.4, 0.5) is 0 Å². The molecule has 0 saturated heterocycles. The predicted octanol–water partition coefficient (Wildman–Crippen LogP) is 2.78. The van der Waals surface area contributed by atoms with Gasteiger partial charge in [-0.25, -0.2) is 18.1 Å². The van der Waals surface area contributed by atoms with E-state index >= 15 is 0 Å². The van der Waals surface area contributed by atoms with Gasteiger partial charge in [-0.1, -0.05) is 19.9 Å². The molecule has 8 heteroatoms. The average Bonchev–Trinajstić information content (AvgIpc) is 2.88. The van der Waals surface area contributed by atoms with Crippen LogP contribution in [0.3, 0.4) is 0 Å². The highest BCUT2D eigenvalue weighted by Gasteiger charge is 2.18. The lowest BCUT2D eigenvalue weighted by molar-refractivity contribution is 0.0955. The second kappa shape index (κ2) is 8.70. The third-order valence-corrected chi connectivity index (χ3v) is 6.22. The Kier molecular flexibility index (Phi) is 6.79. The van der Waals surface area contributed by atoms with E-state index in [-0.39, 0.29) is 10.5 Å². The molecule has 1 N–H and O–H groups in total. The number of aryl methyl sites for hydroxylation is 1. The van der Waals surface area contributed by atoms with Gasteiger partial charge in [0, 0.05) is 43.2 Å². The van der Waals surface area contributed by atoms with Gasteiger partial charge in [0.05, 0.1) is 11.1 Å². The van der Waals surface area contributed by atoms with Gasteiger partial charge < -0.3 is 4.57 Å². The van der Waals surface area contributed by atoms with Crippen LogP contribution in [0.2, 0.25) is 0 Å². The van der Waals surface area contributed by atoms with Crippen molar-refractivity contribution in [2.75, 3.05) is 14.1 Å². The maximum atomic E-state index is 12.3. The van der Waals surface area contributed by atoms with Crippen LogP contribution >= 0.6 is 0 Å². The van der Waals surface area contributed by atoms with E-state index in [2.05, 4.69) is 28.9 Å². The van der Waals surface area contributed by atoms with Crippen molar-refractivity contribution in [3.8, 4) is 0 Å². The number of nitrogens with one attached hydrogen (secondary N) is 1. The molecule has 0 radical (unpaired) electrons. The third kappa shape index (κ3) is 4.88. The van der Waals surface area contributed by atoms with Gasteiger partial charge in [0.1, 0.15) is 0 Å². The van der Waals surface area contributed by atoms with Crippen LogP contribution in [0, 0.1) is 19.8 Å². The van der Waals surface area contributed by atoms with Gasteiger partial charge in [-0.05, 0) is 44.0 Å². The Labute approximate surface area is 167 Å². The summed E-state index contributed by atoms with van der Waals surface area (Å²) in [4.78, 5) is 12.4. The van der Waals surface area contributed by atoms with Crippen molar-refractivity contribution in [3.05, 3.63) is 52.8 Å². The van der Waals surface area contributed by atoms with Crippen molar-refractivity contribution in [1.29, 1.82) is 0 Å². The molecule has 1 heterocycles. The Morgan fingerprint density at radius 1 is 1.25 bits per heavy atom. The smallest absolute Gasteiger partial charge is 0.271 e. The van der Waals surface area contributed by atoms with Crippen LogP contribution in [0.25, 0.3) is 0 Å². The first-order valence-electron chi connectivity index (χ1n) is 9.06. The molecular formula is C20H28N4O3S. The Bertz CT molecular complexity index is 989. The summed E-state index contributed by atoms with van der Waals surface area (Å²) in [5.74, 6) is 0.0584. The number of hydrogen-bond acceptors (Lipinski definition) is 4. The van der Waals surface area contributed by atoms with Crippen molar-refractivity contribution in [3.63, 3.8) is 0 Å². The quantitative estimate of drug-likeness (QED) is 0.569. The number of hydrogen-bond donors (Lipinski definition) is 1. The molecule has 1 aromatic carbocycles. The summed E-state index contributed by atoms with van der Waals surface area (Å²) in [5, 5.41) is 4.04. The van der Waals surface area contributed by atoms with Crippen LogP contribution < -0.4 is 5.43 Å². The van der Waals surface area contributed by atoms with Gasteiger partial charge in [-0.3, -0.25) is 4.79 Å². The molecule has 0 saturated carbocycles. The molecule has 0 aliphatic carbocycles. The fourth-order valence-corrected chi connectivity index (χ4v) is 3.79. The summed E-state index contributed by atoms with van der Waals surface area (Å²) in [6.45, 7) is 9.32. The Balaban J connectivity index is 2.15. The van der Waals surface area contributed by atoms with Crippen LogP contribution in [0.5, 0.6) is 0 Å². The SMILES string of the molecule is Cc1cc(/C=N\NC(=O)c2cccc(S(=O)(=O)N(C)C)c2)c(C)n1CC(C)C. The number of sulfonamides is 1. The monoisotopic (exact) mass is 404 g/mol. The molecule has 0 aliphatic rings. The molecule has 28 heavy (non-hydrogen) atoms. The summed E-state index contributed by atoms with van der Waals surface area (Å²) in [5.41, 5.74) is 5.85. The molecule has 0 atom stereocenters. The summed E-state index contributed by atoms with van der Waals surface area (Å²) in [7, 11) is -0.709. The number of carbonyl (C=O) groups is 1. The zero-order chi connectivity index (χ0) is 21.1. The van der Waals surface area contributed by atoms with Gasteiger partial charge >= 0.3 is 0 Å². The second-order valence-electron chi connectivity index (χ2n) is 7.35. The summed E-state index contributed by atoms with van der Waals surface area (Å²) >= 11 is 0. The molecular weight excluding hydrogens is 376 g/mol. The summed E-state index contributed by atoms with van der Waals surface area (Å²) < 4.78 is 27.8. The van der Waals surface area contributed by atoms with E-state index in [0.29, 0.717) is 5.92 Å². The Morgan fingerprint density at radius 2 is 1.93 bits per heavy atom. The van der Waals surface area contributed by atoms with Gasteiger partial charge in [0.15, 0.2) is 0 Å². The molecule has 2 aromatic rings. The molecule has 0 fully saturated rings. The Hall–Kier alpha value is -2.45. The minimum atomic E-state index is -3.60. The van der Waals surface area contributed by atoms with Gasteiger partial charge in [-0.2, -0.15) is 5.10 Å². The van der Waals surface area contributed by atoms with Gasteiger partial charge in [0.2, 0.25) is 10.0 Å². The third-order valence-electron chi connectivity index (χ3n) is 4.41. The lowest BCUT2D eigenvalue weighted by atomic mass is 10.2. The fraction of sp³-hybridized carbons (Fsp3) is 0.400. The highest BCUT2D eigenvalue weighted by molar-refractivity contribution is 7.89. The maximum absolute atomic E-state index is 12.3. The molecule has 0 bridgehead atoms. The number of benzene rings is 1. The predicted molar refractivity (Wildman–Crippen MR) is 111 cm³/mol. The lowest BCUT2D eigenvalue weighted by Crippen LogP contribution is -2.23. The standard InChI is InChI=1S/C20H28N4O3S/c1-14(2)13-24-15(3)10-18(16(24)4)12-21-22-20(25)17-8-7-9-19(11-17)28(26,27)23(5)6/h7-12,14H,13H2,1-6H3,(H,22,25)/b21-12-. The normalized spacial score (nSPS) is 12.3. The van der Waals surface area contributed by atoms with Crippen LogP contribution in [-0.2, 0) is 16.6 Å². The van der Waals surface area contributed by atoms with Gasteiger partial charge in [-0.15, -0.1) is 0 Å². The largest absolute Gasteiger partial charge is 0.348 e. The number of aromatic nitrogens is 1. The molecule has 2 rings (SSSR count). The van der Waals surface area contributed by atoms with E-state index in [0.717, 1.165) is 27.8 Å². The molecule has 0 spiro atoms. The Morgan fingerprint density at radius 3 is 2.54 bits per heavy atom. The van der Waals surface area contributed by atoms with Crippen molar-refractivity contribution in [1.82, 2.24) is 14.3 Å². The lowest BCUT2D eigenvalue weighted by Gasteiger charge is -2.12. The van der Waals surface area contributed by atoms with E-state index in [1.807, 2.05) is 19.9 Å². The van der Waals surface area contributed by atoms with Crippen LogP contribution in [0.15, 0.2) is 40.3 Å². The van der Waals surface area contributed by atoms with Crippen molar-refractivity contribution in [2.24, 2.45) is 11.0 Å². The van der Waals surface area contributed by atoms with Crippen molar-refractivity contribution in [2.45, 2.75) is 39.1 Å². The molecule has 7 nitrogen and oxygen atoms in total. The molecule has 0 aliphatic heterocycles. The van der Waals surface area contributed by atoms with E-state index < -0.39 is 15.9 Å². The second-order valence-corrected chi connectivity index (χ2v) is 9.50. The number of nitrogens with zero attached hydrogens (tertiary/aromatic N) is 3. The highest BCUT2D eigenvalue weighted by Crippen LogP contribution is 2.16. The average molecular weight is 405 g/mol. The van der Waals surface area contributed by atoms with Crippen LogP contribution in [-0.4, -0.2) is 43.5 Å². The van der Waals surface area contributed by atoms with E-state index in [1.165, 1.54) is 32.3 Å². The first-order chi connectivity index (χ1) is 13.0.